The summed E-state index contributed by atoms with van der Waals surface area (Å²) in [7, 11) is 1.45. The van der Waals surface area contributed by atoms with Gasteiger partial charge in [-0.25, -0.2) is 0 Å². The smallest absolute Gasteiger partial charge is 0.169 e. The maximum absolute atomic E-state index is 11.7. The molecule has 4 heteroatoms. The largest absolute Gasteiger partial charge is 0.504 e. The van der Waals surface area contributed by atoms with E-state index in [0.717, 1.165) is 0 Å². The molecule has 0 aliphatic rings. The van der Waals surface area contributed by atoms with Gasteiger partial charge in [-0.1, -0.05) is 29.8 Å². The number of aromatic hydroxyl groups is 1. The summed E-state index contributed by atoms with van der Waals surface area (Å²) in [5.41, 5.74) is 0.288. The van der Waals surface area contributed by atoms with Crippen LogP contribution in [0.2, 0.25) is 0 Å². The minimum absolute atomic E-state index is 0.0978. The first-order valence-corrected chi connectivity index (χ1v) is 5.37. The first-order valence-electron chi connectivity index (χ1n) is 4.58. The monoisotopic (exact) mass is 272 g/mol. The Kier molecular flexibility index (Phi) is 3.74. The molecule has 0 bridgehead atoms. The van der Waals surface area contributed by atoms with Crippen molar-refractivity contribution in [2.45, 2.75) is 13.8 Å². The van der Waals surface area contributed by atoms with Gasteiger partial charge in [0.1, 0.15) is 0 Å². The van der Waals surface area contributed by atoms with Gasteiger partial charge < -0.3 is 9.84 Å². The molecule has 1 aromatic carbocycles. The first-order chi connectivity index (χ1) is 6.97. The van der Waals surface area contributed by atoms with Crippen LogP contribution in [0.3, 0.4) is 0 Å². The number of ketones is 1. The van der Waals surface area contributed by atoms with Crippen LogP contribution in [0.15, 0.2) is 16.6 Å². The fourth-order valence-corrected chi connectivity index (χ4v) is 1.67. The molecule has 0 saturated carbocycles. The molecule has 0 aliphatic heterocycles. The average molecular weight is 273 g/mol. The second kappa shape index (κ2) is 4.66. The predicted molar refractivity (Wildman–Crippen MR) is 61.5 cm³/mol. The molecule has 0 aromatic heterocycles. The summed E-state index contributed by atoms with van der Waals surface area (Å²) in [4.78, 5) is 11.7. The van der Waals surface area contributed by atoms with Crippen molar-refractivity contribution in [3.8, 4) is 11.5 Å². The van der Waals surface area contributed by atoms with E-state index >= 15 is 0 Å². The van der Waals surface area contributed by atoms with Crippen LogP contribution in [0, 0.1) is 5.92 Å². The van der Waals surface area contributed by atoms with Crippen molar-refractivity contribution in [3.63, 3.8) is 0 Å². The highest BCUT2D eigenvalue weighted by Crippen LogP contribution is 2.34. The van der Waals surface area contributed by atoms with E-state index in [-0.39, 0.29) is 23.0 Å². The van der Waals surface area contributed by atoms with Gasteiger partial charge in [0, 0.05) is 10.4 Å². The summed E-state index contributed by atoms with van der Waals surface area (Å²) in [6, 6.07) is 3.21. The molecule has 0 atom stereocenters. The molecule has 1 rings (SSSR count). The molecular formula is C11H13BrO3. The lowest BCUT2D eigenvalue weighted by molar-refractivity contribution is 0.0936. The second-order valence-electron chi connectivity index (χ2n) is 3.52. The Labute approximate surface area is 97.2 Å². The fourth-order valence-electron chi connectivity index (χ4n) is 1.23. The zero-order valence-electron chi connectivity index (χ0n) is 8.87. The molecule has 0 radical (unpaired) electrons. The number of ether oxygens (including phenoxy) is 1. The van der Waals surface area contributed by atoms with Crippen LogP contribution in [-0.2, 0) is 0 Å². The molecule has 1 aromatic rings. The second-order valence-corrected chi connectivity index (χ2v) is 4.44. The van der Waals surface area contributed by atoms with E-state index in [1.54, 1.807) is 26.0 Å². The van der Waals surface area contributed by atoms with Crippen molar-refractivity contribution < 1.29 is 14.6 Å². The van der Waals surface area contributed by atoms with Gasteiger partial charge in [0.15, 0.2) is 17.3 Å². The lowest BCUT2D eigenvalue weighted by Crippen LogP contribution is -2.08. The number of hydrogen-bond acceptors (Lipinski definition) is 3. The minimum Gasteiger partial charge on any atom is -0.504 e. The third-order valence-electron chi connectivity index (χ3n) is 2.05. The van der Waals surface area contributed by atoms with E-state index in [2.05, 4.69) is 15.9 Å². The van der Waals surface area contributed by atoms with Gasteiger partial charge in [-0.05, 0) is 12.1 Å². The van der Waals surface area contributed by atoms with E-state index < -0.39 is 0 Å². The maximum Gasteiger partial charge on any atom is 0.169 e. The Morgan fingerprint density at radius 3 is 2.53 bits per heavy atom. The molecular weight excluding hydrogens is 260 g/mol. The van der Waals surface area contributed by atoms with Crippen LogP contribution in [0.25, 0.3) is 0 Å². The molecule has 3 nitrogen and oxygen atoms in total. The molecule has 0 spiro atoms. The van der Waals surface area contributed by atoms with E-state index in [9.17, 15) is 9.90 Å². The molecule has 0 unspecified atom stereocenters. The third kappa shape index (κ3) is 2.50. The van der Waals surface area contributed by atoms with E-state index in [1.165, 1.54) is 7.11 Å². The van der Waals surface area contributed by atoms with Crippen molar-refractivity contribution in [2.75, 3.05) is 7.11 Å². The van der Waals surface area contributed by atoms with Gasteiger partial charge in [-0.2, -0.15) is 0 Å². The fraction of sp³-hybridized carbons (Fsp3) is 0.364. The molecule has 0 amide bonds. The average Bonchev–Trinajstić information content (AvgIpc) is 2.19. The number of halogens is 1. The highest BCUT2D eigenvalue weighted by atomic mass is 79.9. The van der Waals surface area contributed by atoms with Crippen LogP contribution in [0.5, 0.6) is 11.5 Å². The van der Waals surface area contributed by atoms with Gasteiger partial charge in [-0.15, -0.1) is 0 Å². The molecule has 0 aliphatic carbocycles. The highest BCUT2D eigenvalue weighted by Gasteiger charge is 2.18. The van der Waals surface area contributed by atoms with Gasteiger partial charge in [0.25, 0.3) is 0 Å². The minimum atomic E-state index is -0.157. The molecule has 1 N–H and O–H groups in total. The van der Waals surface area contributed by atoms with Gasteiger partial charge in [0.2, 0.25) is 0 Å². The zero-order valence-corrected chi connectivity index (χ0v) is 10.5. The number of Topliss-reactive ketones (excluding diaryl/α,β-unsaturated/α-hetero) is 1. The molecule has 0 saturated heterocycles. The molecule has 82 valence electrons. The molecule has 0 heterocycles. The van der Waals surface area contributed by atoms with Gasteiger partial charge >= 0.3 is 0 Å². The number of methoxy groups -OCH3 is 1. The van der Waals surface area contributed by atoms with Crippen molar-refractivity contribution in [3.05, 3.63) is 22.2 Å². The van der Waals surface area contributed by atoms with Crippen LogP contribution < -0.4 is 4.74 Å². The quantitative estimate of drug-likeness (QED) is 0.861. The summed E-state index contributed by atoms with van der Waals surface area (Å²) in [6.07, 6.45) is 0. The Morgan fingerprint density at radius 1 is 1.47 bits per heavy atom. The molecule has 15 heavy (non-hydrogen) atoms. The molecule has 0 fully saturated rings. The summed E-state index contributed by atoms with van der Waals surface area (Å²) < 4.78 is 5.67. The topological polar surface area (TPSA) is 46.5 Å². The van der Waals surface area contributed by atoms with E-state index in [0.29, 0.717) is 10.2 Å². The van der Waals surface area contributed by atoms with Crippen LogP contribution in [-0.4, -0.2) is 18.0 Å². The van der Waals surface area contributed by atoms with Crippen molar-refractivity contribution in [2.24, 2.45) is 5.92 Å². The Bertz CT molecular complexity index is 386. The Balaban J connectivity index is 3.29. The Morgan fingerprint density at radius 2 is 2.07 bits per heavy atom. The number of hydrogen-bond donors (Lipinski definition) is 1. The van der Waals surface area contributed by atoms with Crippen molar-refractivity contribution >= 4 is 21.7 Å². The summed E-state index contributed by atoms with van der Waals surface area (Å²) in [5.74, 6) is -0.0604. The maximum atomic E-state index is 11.7. The third-order valence-corrected chi connectivity index (χ3v) is 2.51. The number of rotatable bonds is 3. The van der Waals surface area contributed by atoms with Gasteiger partial charge in [-0.3, -0.25) is 4.79 Å². The zero-order chi connectivity index (χ0) is 11.6. The number of phenolic OH excluding ortho intramolecular Hbond substituents is 1. The SMILES string of the molecule is COc1cc(Br)cc(C(=O)C(C)C)c1O. The summed E-state index contributed by atoms with van der Waals surface area (Å²) in [5, 5.41) is 9.77. The summed E-state index contributed by atoms with van der Waals surface area (Å²) >= 11 is 3.26. The Hall–Kier alpha value is -1.03. The van der Waals surface area contributed by atoms with E-state index in [1.807, 2.05) is 0 Å². The normalized spacial score (nSPS) is 10.5. The lowest BCUT2D eigenvalue weighted by Gasteiger charge is -2.10. The highest BCUT2D eigenvalue weighted by molar-refractivity contribution is 9.10. The number of benzene rings is 1. The van der Waals surface area contributed by atoms with E-state index in [4.69, 9.17) is 4.74 Å². The van der Waals surface area contributed by atoms with Crippen LogP contribution >= 0.6 is 15.9 Å². The van der Waals surface area contributed by atoms with Crippen LogP contribution in [0.1, 0.15) is 24.2 Å². The van der Waals surface area contributed by atoms with Crippen molar-refractivity contribution in [1.29, 1.82) is 0 Å². The predicted octanol–water partition coefficient (Wildman–Crippen LogP) is 3.00. The van der Waals surface area contributed by atoms with Crippen LogP contribution in [0.4, 0.5) is 0 Å². The number of carbonyl (C=O) groups is 1. The van der Waals surface area contributed by atoms with Crippen molar-refractivity contribution in [1.82, 2.24) is 0 Å². The lowest BCUT2D eigenvalue weighted by atomic mass is 10.00. The number of phenols is 1. The standard InChI is InChI=1S/C11H13BrO3/c1-6(2)10(13)8-4-7(12)5-9(15-3)11(8)14/h4-6,14H,1-3H3. The first kappa shape index (κ1) is 12.0. The summed E-state index contributed by atoms with van der Waals surface area (Å²) in [6.45, 7) is 3.57. The number of carbonyl (C=O) groups excluding carboxylic acids is 1. The van der Waals surface area contributed by atoms with Gasteiger partial charge in [0.05, 0.1) is 12.7 Å².